The predicted octanol–water partition coefficient (Wildman–Crippen LogP) is 2.66. The molecule has 4 amide bonds. The maximum absolute atomic E-state index is 13.2. The molecule has 1 fully saturated rings. The van der Waals surface area contributed by atoms with Gasteiger partial charge in [-0.15, -0.1) is 0 Å². The number of morpholine rings is 1. The highest BCUT2D eigenvalue weighted by Gasteiger charge is 2.19. The van der Waals surface area contributed by atoms with Crippen LogP contribution in [0.25, 0.3) is 0 Å². The summed E-state index contributed by atoms with van der Waals surface area (Å²) in [4.78, 5) is 53.6. The molecule has 0 unspecified atom stereocenters. The maximum Gasteiger partial charge on any atom is 0.272 e. The highest BCUT2D eigenvalue weighted by molar-refractivity contribution is 6.08. The van der Waals surface area contributed by atoms with Crippen molar-refractivity contribution < 1.29 is 28.3 Å². The Labute approximate surface area is 258 Å². The van der Waals surface area contributed by atoms with Crippen molar-refractivity contribution in [3.8, 4) is 0 Å². The average Bonchev–Trinajstić information content (AvgIpc) is 3.69. The minimum Gasteiger partial charge on any atom is -0.379 e. The summed E-state index contributed by atoms with van der Waals surface area (Å²) in [6.07, 6.45) is 4.84. The number of nitrogens with one attached hydrogen (secondary N) is 4. The van der Waals surface area contributed by atoms with E-state index in [1.54, 1.807) is 59.5 Å². The van der Waals surface area contributed by atoms with Gasteiger partial charge in [-0.1, -0.05) is 0 Å². The number of ether oxygens (including phenoxy) is 1. The molecule has 14 heteroatoms. The van der Waals surface area contributed by atoms with Crippen LogP contribution in [0.4, 0.5) is 21.5 Å². The zero-order valence-corrected chi connectivity index (χ0v) is 25.2. The Hall–Kier alpha value is -5.21. The van der Waals surface area contributed by atoms with Crippen LogP contribution in [0.1, 0.15) is 41.8 Å². The third kappa shape index (κ3) is 7.66. The molecule has 45 heavy (non-hydrogen) atoms. The summed E-state index contributed by atoms with van der Waals surface area (Å²) >= 11 is 0. The number of halogens is 1. The minimum atomic E-state index is -0.454. The van der Waals surface area contributed by atoms with Crippen LogP contribution in [-0.4, -0.2) is 81.6 Å². The first-order chi connectivity index (χ1) is 21.6. The summed E-state index contributed by atoms with van der Waals surface area (Å²) < 4.78 is 23.3. The second kappa shape index (κ2) is 13.6. The molecular weight excluding hydrogens is 583 g/mol. The number of carbonyl (C=O) groups is 4. The highest BCUT2D eigenvalue weighted by atomic mass is 19.1. The average molecular weight is 619 g/mol. The Morgan fingerprint density at radius 3 is 1.62 bits per heavy atom. The molecule has 3 aromatic heterocycles. The van der Waals surface area contributed by atoms with Crippen molar-refractivity contribution in [2.24, 2.45) is 21.1 Å². The Kier molecular flexibility index (Phi) is 9.45. The topological polar surface area (TPSA) is 144 Å². The van der Waals surface area contributed by atoms with E-state index in [9.17, 15) is 23.6 Å². The predicted molar refractivity (Wildman–Crippen MR) is 166 cm³/mol. The van der Waals surface area contributed by atoms with Gasteiger partial charge in [0.25, 0.3) is 23.6 Å². The Bertz CT molecular complexity index is 1720. The lowest BCUT2D eigenvalue weighted by molar-refractivity contribution is 0.0383. The van der Waals surface area contributed by atoms with E-state index in [0.29, 0.717) is 42.5 Å². The zero-order valence-electron chi connectivity index (χ0n) is 25.2. The molecule has 4 N–H and O–H groups in total. The molecule has 4 aromatic rings. The monoisotopic (exact) mass is 618 g/mol. The van der Waals surface area contributed by atoms with E-state index in [4.69, 9.17) is 4.74 Å². The van der Waals surface area contributed by atoms with Crippen molar-refractivity contribution >= 4 is 40.7 Å². The van der Waals surface area contributed by atoms with E-state index in [-0.39, 0.29) is 22.9 Å². The summed E-state index contributed by atoms with van der Waals surface area (Å²) in [5, 5.41) is 11.2. The van der Waals surface area contributed by atoms with Crippen LogP contribution in [0.5, 0.6) is 0 Å². The fraction of sp³-hybridized carbons (Fsp3) is 0.290. The van der Waals surface area contributed by atoms with E-state index >= 15 is 0 Å². The van der Waals surface area contributed by atoms with Gasteiger partial charge >= 0.3 is 0 Å². The molecule has 0 bridgehead atoms. The lowest BCUT2D eigenvalue weighted by Gasteiger charge is -2.26. The summed E-state index contributed by atoms with van der Waals surface area (Å²) in [6, 6.07) is 9.78. The molecule has 0 aliphatic carbocycles. The number of rotatable bonds is 10. The van der Waals surface area contributed by atoms with E-state index in [2.05, 4.69) is 26.2 Å². The summed E-state index contributed by atoms with van der Waals surface area (Å²) in [5.41, 5.74) is 2.45. The SMILES string of the molecule is Cn1cc(NC(=O)c2cc(NC(=O)c3cc(NC(=O)c4ccc(F)cc4)cn3C)cn2C)cc1C(=O)NCCN1CCOCC1. The fourth-order valence-electron chi connectivity index (χ4n) is 5.01. The van der Waals surface area contributed by atoms with Crippen molar-refractivity contribution in [2.45, 2.75) is 0 Å². The quantitative estimate of drug-likeness (QED) is 0.215. The number of benzene rings is 1. The largest absolute Gasteiger partial charge is 0.379 e. The van der Waals surface area contributed by atoms with E-state index in [1.807, 2.05) is 0 Å². The van der Waals surface area contributed by atoms with Crippen LogP contribution in [0.15, 0.2) is 61.1 Å². The van der Waals surface area contributed by atoms with Gasteiger partial charge < -0.3 is 39.7 Å². The summed E-state index contributed by atoms with van der Waals surface area (Å²) in [5.74, 6) is -2.01. The van der Waals surface area contributed by atoms with Gasteiger partial charge in [-0.2, -0.15) is 0 Å². The number of aryl methyl sites for hydroxylation is 3. The van der Waals surface area contributed by atoms with Crippen molar-refractivity contribution in [2.75, 3.05) is 55.3 Å². The van der Waals surface area contributed by atoms with Crippen molar-refractivity contribution in [3.63, 3.8) is 0 Å². The first-order valence-electron chi connectivity index (χ1n) is 14.3. The molecule has 13 nitrogen and oxygen atoms in total. The van der Waals surface area contributed by atoms with Crippen molar-refractivity contribution in [1.29, 1.82) is 0 Å². The number of nitrogens with zero attached hydrogens (tertiary/aromatic N) is 4. The molecule has 236 valence electrons. The molecule has 0 saturated carbocycles. The molecule has 1 aromatic carbocycles. The van der Waals surface area contributed by atoms with E-state index in [0.717, 1.165) is 19.6 Å². The Balaban J connectivity index is 1.17. The van der Waals surface area contributed by atoms with Crippen LogP contribution in [0.2, 0.25) is 0 Å². The van der Waals surface area contributed by atoms with Crippen molar-refractivity contribution in [3.05, 3.63) is 89.5 Å². The second-order valence-corrected chi connectivity index (χ2v) is 10.8. The third-order valence-electron chi connectivity index (χ3n) is 7.41. The molecule has 0 atom stereocenters. The number of hydrogen-bond donors (Lipinski definition) is 4. The van der Waals surface area contributed by atoms with Gasteiger partial charge in [0, 0.05) is 71.5 Å². The molecule has 4 heterocycles. The van der Waals surface area contributed by atoms with Crippen molar-refractivity contribution in [1.82, 2.24) is 23.9 Å². The van der Waals surface area contributed by atoms with Gasteiger partial charge in [0.1, 0.15) is 22.9 Å². The van der Waals surface area contributed by atoms with Gasteiger partial charge in [-0.05, 0) is 42.5 Å². The molecule has 1 aliphatic heterocycles. The minimum absolute atomic E-state index is 0.242. The fourth-order valence-corrected chi connectivity index (χ4v) is 5.01. The molecule has 0 radical (unpaired) electrons. The zero-order chi connectivity index (χ0) is 32.1. The van der Waals surface area contributed by atoms with Crippen LogP contribution in [0, 0.1) is 5.82 Å². The van der Waals surface area contributed by atoms with Gasteiger partial charge in [0.2, 0.25) is 0 Å². The van der Waals surface area contributed by atoms with Gasteiger partial charge in [-0.25, -0.2) is 4.39 Å². The standard InChI is InChI=1S/C31H35FN8O5/c1-37-18-23(14-25(37)29(42)33-8-9-40-10-12-45-13-11-40)35-31(44)27-16-24(19-39(27)3)36-30(43)26-15-22(17-38(26)2)34-28(41)20-4-6-21(32)7-5-20/h4-7,14-19H,8-13H2,1-3H3,(H,33,42)(H,34,41)(H,35,44)(H,36,43). The van der Waals surface area contributed by atoms with Gasteiger partial charge in [0.05, 0.1) is 30.3 Å². The smallest absolute Gasteiger partial charge is 0.272 e. The van der Waals surface area contributed by atoms with E-state index < -0.39 is 23.5 Å². The van der Waals surface area contributed by atoms with Gasteiger partial charge in [-0.3, -0.25) is 24.1 Å². The lowest BCUT2D eigenvalue weighted by Crippen LogP contribution is -2.41. The van der Waals surface area contributed by atoms with Gasteiger partial charge in [0.15, 0.2) is 0 Å². The van der Waals surface area contributed by atoms with Crippen LogP contribution >= 0.6 is 0 Å². The van der Waals surface area contributed by atoms with Crippen LogP contribution < -0.4 is 21.3 Å². The first-order valence-corrected chi connectivity index (χ1v) is 14.3. The van der Waals surface area contributed by atoms with Crippen LogP contribution in [-0.2, 0) is 25.9 Å². The molecular formula is C31H35FN8O5. The number of amides is 4. The molecule has 0 spiro atoms. The third-order valence-corrected chi connectivity index (χ3v) is 7.41. The number of hydrogen-bond acceptors (Lipinski definition) is 6. The first kappa shape index (κ1) is 31.2. The normalized spacial score (nSPS) is 13.3. The molecule has 1 saturated heterocycles. The number of anilines is 3. The lowest BCUT2D eigenvalue weighted by atomic mass is 10.2. The summed E-state index contributed by atoms with van der Waals surface area (Å²) in [6.45, 7) is 4.30. The molecule has 1 aliphatic rings. The Morgan fingerprint density at radius 2 is 1.13 bits per heavy atom. The maximum atomic E-state index is 13.2. The second-order valence-electron chi connectivity index (χ2n) is 10.8. The van der Waals surface area contributed by atoms with Crippen LogP contribution in [0.3, 0.4) is 0 Å². The molecule has 5 rings (SSSR count). The summed E-state index contributed by atoms with van der Waals surface area (Å²) in [7, 11) is 5.06. The highest BCUT2D eigenvalue weighted by Crippen LogP contribution is 2.20. The van der Waals surface area contributed by atoms with E-state index in [1.165, 1.54) is 36.4 Å². The number of aromatic nitrogens is 3. The Morgan fingerprint density at radius 1 is 0.689 bits per heavy atom. The number of carbonyl (C=O) groups excluding carboxylic acids is 4.